The standard InChI is InChI=1S/C20H20FN5O/c1-13-10-17(21)15(19(11-13)27-3)6-4-14-5-7-16(18-8-9-23-25(18)2)20-24-22-12-26(14)20/h5,7-12H,4,6H2,1-3H3. The second-order valence-electron chi connectivity index (χ2n) is 6.53. The van der Waals surface area contributed by atoms with Crippen LogP contribution in [0.25, 0.3) is 16.9 Å². The van der Waals surface area contributed by atoms with Gasteiger partial charge in [0.2, 0.25) is 0 Å². The number of methoxy groups -OCH3 is 1. The Morgan fingerprint density at radius 2 is 2.00 bits per heavy atom. The van der Waals surface area contributed by atoms with E-state index >= 15 is 0 Å². The van der Waals surface area contributed by atoms with Gasteiger partial charge < -0.3 is 4.74 Å². The SMILES string of the molecule is COc1cc(C)cc(F)c1CCc1ccc(-c2ccnn2C)c2nncn12. The molecule has 27 heavy (non-hydrogen) atoms. The van der Waals surface area contributed by atoms with E-state index < -0.39 is 0 Å². The van der Waals surface area contributed by atoms with E-state index in [1.165, 1.54) is 6.07 Å². The number of fused-ring (bicyclic) bond motifs is 1. The van der Waals surface area contributed by atoms with Gasteiger partial charge in [-0.1, -0.05) is 0 Å². The van der Waals surface area contributed by atoms with Crippen LogP contribution < -0.4 is 4.74 Å². The predicted octanol–water partition coefficient (Wildman–Crippen LogP) is 3.37. The normalized spacial score (nSPS) is 11.3. The number of hydrogen-bond acceptors (Lipinski definition) is 4. The molecule has 0 fully saturated rings. The largest absolute Gasteiger partial charge is 0.496 e. The molecule has 0 radical (unpaired) electrons. The van der Waals surface area contributed by atoms with E-state index in [0.29, 0.717) is 24.2 Å². The number of aromatic nitrogens is 5. The molecular weight excluding hydrogens is 345 g/mol. The van der Waals surface area contributed by atoms with Gasteiger partial charge in [-0.05, 0) is 55.7 Å². The monoisotopic (exact) mass is 365 g/mol. The number of hydrogen-bond donors (Lipinski definition) is 0. The lowest BCUT2D eigenvalue weighted by molar-refractivity contribution is 0.404. The third-order valence-corrected chi connectivity index (χ3v) is 4.79. The third kappa shape index (κ3) is 3.05. The van der Waals surface area contributed by atoms with Crippen molar-refractivity contribution in [1.29, 1.82) is 0 Å². The second-order valence-corrected chi connectivity index (χ2v) is 6.53. The van der Waals surface area contributed by atoms with Crippen molar-refractivity contribution < 1.29 is 9.13 Å². The summed E-state index contributed by atoms with van der Waals surface area (Å²) in [5, 5.41) is 12.6. The van der Waals surface area contributed by atoms with Crippen LogP contribution in [0, 0.1) is 12.7 Å². The average Bonchev–Trinajstić information content (AvgIpc) is 3.29. The van der Waals surface area contributed by atoms with Gasteiger partial charge in [0.05, 0.1) is 12.8 Å². The molecular formula is C20H20FN5O. The fourth-order valence-electron chi connectivity index (χ4n) is 3.42. The topological polar surface area (TPSA) is 57.2 Å². The molecule has 0 spiro atoms. The van der Waals surface area contributed by atoms with Crippen molar-refractivity contribution >= 4 is 5.65 Å². The Kier molecular flexibility index (Phi) is 4.35. The summed E-state index contributed by atoms with van der Waals surface area (Å²) in [6, 6.07) is 9.38. The minimum Gasteiger partial charge on any atom is -0.496 e. The minimum atomic E-state index is -0.238. The zero-order valence-electron chi connectivity index (χ0n) is 15.5. The molecule has 0 aliphatic heterocycles. The lowest BCUT2D eigenvalue weighted by atomic mass is 10.0. The van der Waals surface area contributed by atoms with Gasteiger partial charge in [0, 0.05) is 30.1 Å². The third-order valence-electron chi connectivity index (χ3n) is 4.79. The molecule has 1 aromatic carbocycles. The van der Waals surface area contributed by atoms with E-state index in [1.54, 1.807) is 24.3 Å². The molecule has 0 saturated heterocycles. The molecule has 0 saturated carbocycles. The number of halogens is 1. The Morgan fingerprint density at radius 1 is 1.15 bits per heavy atom. The summed E-state index contributed by atoms with van der Waals surface area (Å²) < 4.78 is 23.5. The van der Waals surface area contributed by atoms with E-state index in [4.69, 9.17) is 4.74 Å². The first-order valence-electron chi connectivity index (χ1n) is 8.71. The molecule has 3 aromatic heterocycles. The average molecular weight is 365 g/mol. The maximum absolute atomic E-state index is 14.4. The van der Waals surface area contributed by atoms with Gasteiger partial charge in [0.25, 0.3) is 0 Å². The van der Waals surface area contributed by atoms with E-state index in [9.17, 15) is 4.39 Å². The Bertz CT molecular complexity index is 1110. The van der Waals surface area contributed by atoms with Gasteiger partial charge >= 0.3 is 0 Å². The maximum atomic E-state index is 14.4. The summed E-state index contributed by atoms with van der Waals surface area (Å²) in [6.45, 7) is 1.85. The molecule has 0 atom stereocenters. The Labute approximate surface area is 156 Å². The molecule has 0 N–H and O–H groups in total. The van der Waals surface area contributed by atoms with E-state index in [1.807, 2.05) is 42.6 Å². The van der Waals surface area contributed by atoms with Gasteiger partial charge in [-0.15, -0.1) is 10.2 Å². The van der Waals surface area contributed by atoms with Crippen LogP contribution in [-0.4, -0.2) is 31.5 Å². The van der Waals surface area contributed by atoms with E-state index in [2.05, 4.69) is 15.3 Å². The van der Waals surface area contributed by atoms with Gasteiger partial charge in [-0.3, -0.25) is 9.08 Å². The van der Waals surface area contributed by atoms with Crippen molar-refractivity contribution in [3.05, 3.63) is 65.5 Å². The van der Waals surface area contributed by atoms with Gasteiger partial charge in [0.15, 0.2) is 5.65 Å². The molecule has 0 aliphatic rings. The molecule has 0 amide bonds. The number of pyridine rings is 1. The Morgan fingerprint density at radius 3 is 2.74 bits per heavy atom. The summed E-state index contributed by atoms with van der Waals surface area (Å²) in [7, 11) is 3.46. The number of aryl methyl sites for hydroxylation is 3. The highest BCUT2D eigenvalue weighted by atomic mass is 19.1. The van der Waals surface area contributed by atoms with E-state index in [-0.39, 0.29) is 5.82 Å². The summed E-state index contributed by atoms with van der Waals surface area (Å²) in [5.74, 6) is 0.345. The number of nitrogens with zero attached hydrogens (tertiary/aromatic N) is 5. The number of rotatable bonds is 5. The molecule has 0 aliphatic carbocycles. The maximum Gasteiger partial charge on any atom is 0.170 e. The molecule has 3 heterocycles. The smallest absolute Gasteiger partial charge is 0.170 e. The van der Waals surface area contributed by atoms with Crippen LogP contribution in [0.2, 0.25) is 0 Å². The first kappa shape index (κ1) is 17.2. The minimum absolute atomic E-state index is 0.238. The molecule has 7 heteroatoms. The number of benzene rings is 1. The molecule has 0 unspecified atom stereocenters. The van der Waals surface area contributed by atoms with Crippen LogP contribution in [0.3, 0.4) is 0 Å². The molecule has 4 aromatic rings. The van der Waals surface area contributed by atoms with Crippen molar-refractivity contribution in [3.8, 4) is 17.0 Å². The van der Waals surface area contributed by atoms with Crippen molar-refractivity contribution in [3.63, 3.8) is 0 Å². The van der Waals surface area contributed by atoms with Crippen molar-refractivity contribution in [2.24, 2.45) is 7.05 Å². The van der Waals surface area contributed by atoms with Gasteiger partial charge in [0.1, 0.15) is 17.9 Å². The summed E-state index contributed by atoms with van der Waals surface area (Å²) in [6.07, 6.45) is 4.60. The van der Waals surface area contributed by atoms with Crippen LogP contribution in [0.15, 0.2) is 42.9 Å². The van der Waals surface area contributed by atoms with Gasteiger partial charge in [-0.2, -0.15) is 5.10 Å². The highest BCUT2D eigenvalue weighted by Gasteiger charge is 2.15. The van der Waals surface area contributed by atoms with Crippen LogP contribution in [-0.2, 0) is 19.9 Å². The zero-order valence-corrected chi connectivity index (χ0v) is 15.5. The number of ether oxygens (including phenoxy) is 1. The molecule has 4 rings (SSSR count). The van der Waals surface area contributed by atoms with Crippen LogP contribution in [0.5, 0.6) is 5.75 Å². The molecule has 138 valence electrons. The molecule has 0 bridgehead atoms. The Hall–Kier alpha value is -3.22. The van der Waals surface area contributed by atoms with Crippen LogP contribution in [0.1, 0.15) is 16.8 Å². The lowest BCUT2D eigenvalue weighted by Crippen LogP contribution is -2.04. The van der Waals surface area contributed by atoms with E-state index in [0.717, 1.165) is 28.2 Å². The van der Waals surface area contributed by atoms with Crippen molar-refractivity contribution in [1.82, 2.24) is 24.4 Å². The molecule has 6 nitrogen and oxygen atoms in total. The summed E-state index contributed by atoms with van der Waals surface area (Å²) >= 11 is 0. The predicted molar refractivity (Wildman–Crippen MR) is 100 cm³/mol. The highest BCUT2D eigenvalue weighted by molar-refractivity contribution is 5.75. The highest BCUT2D eigenvalue weighted by Crippen LogP contribution is 2.27. The van der Waals surface area contributed by atoms with Crippen molar-refractivity contribution in [2.45, 2.75) is 19.8 Å². The fourth-order valence-corrected chi connectivity index (χ4v) is 3.42. The Balaban J connectivity index is 1.69. The summed E-state index contributed by atoms with van der Waals surface area (Å²) in [5.41, 5.74) is 5.10. The zero-order chi connectivity index (χ0) is 19.0. The van der Waals surface area contributed by atoms with Crippen molar-refractivity contribution in [2.75, 3.05) is 7.11 Å². The lowest BCUT2D eigenvalue weighted by Gasteiger charge is -2.12. The van der Waals surface area contributed by atoms with Crippen LogP contribution in [0.4, 0.5) is 4.39 Å². The first-order chi connectivity index (χ1) is 13.1. The summed E-state index contributed by atoms with van der Waals surface area (Å²) in [4.78, 5) is 0. The first-order valence-corrected chi connectivity index (χ1v) is 8.71. The second kappa shape index (κ2) is 6.83. The fraction of sp³-hybridized carbons (Fsp3) is 0.250. The van der Waals surface area contributed by atoms with Crippen LogP contribution >= 0.6 is 0 Å². The quantitative estimate of drug-likeness (QED) is 0.544. The van der Waals surface area contributed by atoms with Gasteiger partial charge in [-0.25, -0.2) is 4.39 Å².